The number of hydrogen-bond acceptors (Lipinski definition) is 4. The van der Waals surface area contributed by atoms with Crippen LogP contribution in [0.15, 0.2) is 33.3 Å². The van der Waals surface area contributed by atoms with E-state index in [1.807, 2.05) is 25.1 Å². The van der Waals surface area contributed by atoms with Crippen LogP contribution in [0.4, 0.5) is 5.69 Å². The highest BCUT2D eigenvalue weighted by atomic mass is 79.9. The summed E-state index contributed by atoms with van der Waals surface area (Å²) in [4.78, 5) is 0. The van der Waals surface area contributed by atoms with E-state index in [9.17, 15) is 0 Å². The van der Waals surface area contributed by atoms with Gasteiger partial charge in [0.05, 0.1) is 23.5 Å². The Morgan fingerprint density at radius 1 is 1.47 bits per heavy atom. The molecular formula is C12H10BrN3O. The molecule has 2 rings (SSSR count). The van der Waals surface area contributed by atoms with Crippen LogP contribution < -0.4 is 5.32 Å². The molecule has 0 spiro atoms. The van der Waals surface area contributed by atoms with Crippen molar-refractivity contribution in [1.29, 1.82) is 5.26 Å². The van der Waals surface area contributed by atoms with E-state index in [1.165, 1.54) is 0 Å². The monoisotopic (exact) mass is 291 g/mol. The molecule has 1 N–H and O–H groups in total. The summed E-state index contributed by atoms with van der Waals surface area (Å²) >= 11 is 3.33. The van der Waals surface area contributed by atoms with Gasteiger partial charge in [-0.1, -0.05) is 21.1 Å². The fourth-order valence-corrected chi connectivity index (χ4v) is 1.81. The van der Waals surface area contributed by atoms with Gasteiger partial charge in [0.1, 0.15) is 6.07 Å². The van der Waals surface area contributed by atoms with Crippen molar-refractivity contribution in [2.24, 2.45) is 0 Å². The Morgan fingerprint density at radius 2 is 2.29 bits per heavy atom. The van der Waals surface area contributed by atoms with E-state index in [2.05, 4.69) is 32.5 Å². The minimum Gasteiger partial charge on any atom is -0.377 e. The number of anilines is 1. The highest BCUT2D eigenvalue weighted by Crippen LogP contribution is 2.20. The molecule has 0 bridgehead atoms. The summed E-state index contributed by atoms with van der Waals surface area (Å²) in [5, 5.41) is 15.9. The van der Waals surface area contributed by atoms with Crippen LogP contribution >= 0.6 is 15.9 Å². The maximum atomic E-state index is 9.00. The molecule has 1 heterocycles. The van der Waals surface area contributed by atoms with Gasteiger partial charge in [0.15, 0.2) is 5.76 Å². The van der Waals surface area contributed by atoms with Gasteiger partial charge >= 0.3 is 0 Å². The highest BCUT2D eigenvalue weighted by Gasteiger charge is 2.04. The number of nitrogens with zero attached hydrogens (tertiary/aromatic N) is 2. The third-order valence-electron chi connectivity index (χ3n) is 2.23. The van der Waals surface area contributed by atoms with Gasteiger partial charge in [0.2, 0.25) is 0 Å². The summed E-state index contributed by atoms with van der Waals surface area (Å²) in [6.45, 7) is 2.38. The first-order valence-corrected chi connectivity index (χ1v) is 5.84. The average Bonchev–Trinajstić information content (AvgIpc) is 2.73. The Bertz CT molecular complexity index is 571. The van der Waals surface area contributed by atoms with Crippen LogP contribution in [-0.2, 0) is 6.54 Å². The van der Waals surface area contributed by atoms with E-state index in [0.29, 0.717) is 12.1 Å². The van der Waals surface area contributed by atoms with Crippen LogP contribution in [0.5, 0.6) is 0 Å². The van der Waals surface area contributed by atoms with Gasteiger partial charge < -0.3 is 9.84 Å². The van der Waals surface area contributed by atoms with E-state index in [-0.39, 0.29) is 0 Å². The van der Waals surface area contributed by atoms with Crippen molar-refractivity contribution in [2.75, 3.05) is 5.32 Å². The quantitative estimate of drug-likeness (QED) is 0.943. The summed E-state index contributed by atoms with van der Waals surface area (Å²) in [6, 6.07) is 9.51. The fourth-order valence-electron chi connectivity index (χ4n) is 1.45. The number of nitriles is 1. The minimum absolute atomic E-state index is 0.511. The second-order valence-electron chi connectivity index (χ2n) is 3.59. The van der Waals surface area contributed by atoms with Crippen molar-refractivity contribution in [2.45, 2.75) is 13.5 Å². The Labute approximate surface area is 107 Å². The number of aromatic nitrogens is 1. The molecule has 0 aliphatic rings. The lowest BCUT2D eigenvalue weighted by Gasteiger charge is -2.06. The summed E-state index contributed by atoms with van der Waals surface area (Å²) in [6.07, 6.45) is 0. The highest BCUT2D eigenvalue weighted by molar-refractivity contribution is 9.10. The van der Waals surface area contributed by atoms with Crippen molar-refractivity contribution < 1.29 is 4.52 Å². The summed E-state index contributed by atoms with van der Waals surface area (Å²) in [5.74, 6) is 0.745. The van der Waals surface area contributed by atoms with Crippen molar-refractivity contribution >= 4 is 21.6 Å². The first-order chi connectivity index (χ1) is 8.19. The van der Waals surface area contributed by atoms with Crippen LogP contribution in [0.3, 0.4) is 0 Å². The predicted octanol–water partition coefficient (Wildman–Crippen LogP) is 3.23. The topological polar surface area (TPSA) is 61.9 Å². The molecule has 2 aromatic rings. The molecule has 86 valence electrons. The van der Waals surface area contributed by atoms with Crippen molar-refractivity contribution in [3.8, 4) is 6.07 Å². The molecule has 17 heavy (non-hydrogen) atoms. The first kappa shape index (κ1) is 11.7. The number of nitrogens with one attached hydrogen (secondary N) is 1. The van der Waals surface area contributed by atoms with E-state index in [4.69, 9.17) is 9.78 Å². The second-order valence-corrected chi connectivity index (χ2v) is 4.51. The Morgan fingerprint density at radius 3 is 2.94 bits per heavy atom. The zero-order valence-electron chi connectivity index (χ0n) is 9.20. The zero-order valence-corrected chi connectivity index (χ0v) is 10.8. The molecule has 0 saturated heterocycles. The summed E-state index contributed by atoms with van der Waals surface area (Å²) < 4.78 is 5.96. The number of hydrogen-bond donors (Lipinski definition) is 1. The summed E-state index contributed by atoms with van der Waals surface area (Å²) in [5.41, 5.74) is 2.22. The molecule has 0 radical (unpaired) electrons. The van der Waals surface area contributed by atoms with Crippen molar-refractivity contribution in [3.63, 3.8) is 0 Å². The van der Waals surface area contributed by atoms with Gasteiger partial charge in [0, 0.05) is 10.5 Å². The third kappa shape index (κ3) is 2.86. The Balaban J connectivity index is 2.12. The molecule has 0 aliphatic carbocycles. The lowest BCUT2D eigenvalue weighted by atomic mass is 10.2. The van der Waals surface area contributed by atoms with Crippen LogP contribution in [0, 0.1) is 18.3 Å². The zero-order chi connectivity index (χ0) is 12.3. The van der Waals surface area contributed by atoms with Gasteiger partial charge in [-0.05, 0) is 25.1 Å². The van der Waals surface area contributed by atoms with Crippen molar-refractivity contribution in [3.05, 3.63) is 45.8 Å². The number of benzene rings is 1. The van der Waals surface area contributed by atoms with Crippen LogP contribution in [0.2, 0.25) is 0 Å². The molecule has 1 aromatic heterocycles. The number of rotatable bonds is 3. The molecule has 0 aliphatic heterocycles. The maximum absolute atomic E-state index is 9.00. The van der Waals surface area contributed by atoms with E-state index < -0.39 is 0 Å². The molecule has 0 unspecified atom stereocenters. The van der Waals surface area contributed by atoms with Gasteiger partial charge in [-0.15, -0.1) is 0 Å². The molecule has 4 nitrogen and oxygen atoms in total. The number of aryl methyl sites for hydroxylation is 1. The summed E-state index contributed by atoms with van der Waals surface area (Å²) in [7, 11) is 0. The predicted molar refractivity (Wildman–Crippen MR) is 67.4 cm³/mol. The Kier molecular flexibility index (Phi) is 3.45. The SMILES string of the molecule is Cc1cc(CNc2ccc(Br)cc2C#N)on1. The maximum Gasteiger partial charge on any atom is 0.156 e. The molecule has 0 amide bonds. The normalized spacial score (nSPS) is 9.94. The fraction of sp³-hybridized carbons (Fsp3) is 0.167. The van der Waals surface area contributed by atoms with E-state index >= 15 is 0 Å². The third-order valence-corrected chi connectivity index (χ3v) is 2.73. The molecule has 1 aromatic carbocycles. The first-order valence-electron chi connectivity index (χ1n) is 5.05. The van der Waals surface area contributed by atoms with Gasteiger partial charge in [0.25, 0.3) is 0 Å². The van der Waals surface area contributed by atoms with E-state index in [1.54, 1.807) is 6.07 Å². The van der Waals surface area contributed by atoms with Crippen LogP contribution in [-0.4, -0.2) is 5.16 Å². The van der Waals surface area contributed by atoms with Crippen molar-refractivity contribution in [1.82, 2.24) is 5.16 Å². The second kappa shape index (κ2) is 5.02. The molecule has 0 atom stereocenters. The Hall–Kier alpha value is -1.80. The smallest absolute Gasteiger partial charge is 0.156 e. The lowest BCUT2D eigenvalue weighted by molar-refractivity contribution is 0.384. The van der Waals surface area contributed by atoms with Crippen LogP contribution in [0.1, 0.15) is 17.0 Å². The van der Waals surface area contributed by atoms with Gasteiger partial charge in [-0.3, -0.25) is 0 Å². The lowest BCUT2D eigenvalue weighted by Crippen LogP contribution is -2.00. The van der Waals surface area contributed by atoms with E-state index in [0.717, 1.165) is 21.6 Å². The minimum atomic E-state index is 0.511. The number of halogens is 1. The van der Waals surface area contributed by atoms with Gasteiger partial charge in [-0.2, -0.15) is 5.26 Å². The molecular weight excluding hydrogens is 282 g/mol. The molecule has 0 saturated carbocycles. The van der Waals surface area contributed by atoms with Crippen LogP contribution in [0.25, 0.3) is 0 Å². The molecule has 5 heteroatoms. The van der Waals surface area contributed by atoms with Gasteiger partial charge in [-0.25, -0.2) is 0 Å². The average molecular weight is 292 g/mol. The largest absolute Gasteiger partial charge is 0.377 e. The standard InChI is InChI=1S/C12H10BrN3O/c1-8-4-11(17-16-8)7-15-12-3-2-10(13)5-9(12)6-14/h2-5,15H,7H2,1H3. The molecule has 0 fully saturated rings.